The molecular formula is C16H10N2O2S. The molecule has 0 bridgehead atoms. The minimum Gasteiger partial charge on any atom is -0.454 e. The van der Waals surface area contributed by atoms with Gasteiger partial charge in [0.2, 0.25) is 6.79 Å². The number of ether oxygens (including phenoxy) is 2. The van der Waals surface area contributed by atoms with Crippen LogP contribution in [0.5, 0.6) is 11.5 Å². The van der Waals surface area contributed by atoms with Crippen molar-refractivity contribution in [1.82, 2.24) is 9.38 Å². The van der Waals surface area contributed by atoms with Gasteiger partial charge in [-0.1, -0.05) is 23.5 Å². The van der Waals surface area contributed by atoms with Crippen LogP contribution in [0.3, 0.4) is 0 Å². The van der Waals surface area contributed by atoms with Gasteiger partial charge in [0.05, 0.1) is 15.9 Å². The number of hydrogen-bond acceptors (Lipinski definition) is 4. The number of aromatic nitrogens is 2. The van der Waals surface area contributed by atoms with Crippen LogP contribution < -0.4 is 9.47 Å². The molecule has 0 amide bonds. The van der Waals surface area contributed by atoms with Gasteiger partial charge < -0.3 is 9.47 Å². The first-order valence-electron chi connectivity index (χ1n) is 6.65. The van der Waals surface area contributed by atoms with Crippen molar-refractivity contribution in [3.05, 3.63) is 48.7 Å². The third kappa shape index (κ3) is 1.58. The van der Waals surface area contributed by atoms with Gasteiger partial charge in [-0.2, -0.15) is 0 Å². The van der Waals surface area contributed by atoms with Crippen LogP contribution in [0.4, 0.5) is 0 Å². The van der Waals surface area contributed by atoms with Gasteiger partial charge in [0.25, 0.3) is 0 Å². The van der Waals surface area contributed by atoms with Gasteiger partial charge in [-0.15, -0.1) is 0 Å². The van der Waals surface area contributed by atoms with Crippen LogP contribution in [0.25, 0.3) is 26.4 Å². The lowest BCUT2D eigenvalue weighted by molar-refractivity contribution is 0.174. The van der Waals surface area contributed by atoms with E-state index in [0.29, 0.717) is 6.79 Å². The molecule has 1 aliphatic heterocycles. The average molecular weight is 294 g/mol. The Morgan fingerprint density at radius 3 is 2.95 bits per heavy atom. The summed E-state index contributed by atoms with van der Waals surface area (Å²) in [4.78, 5) is 5.73. The fourth-order valence-corrected chi connectivity index (χ4v) is 3.65. The molecule has 0 radical (unpaired) electrons. The van der Waals surface area contributed by atoms with Crippen LogP contribution in [-0.2, 0) is 0 Å². The first-order chi connectivity index (χ1) is 10.4. The van der Waals surface area contributed by atoms with E-state index in [0.717, 1.165) is 27.7 Å². The van der Waals surface area contributed by atoms with E-state index in [4.69, 9.17) is 14.5 Å². The lowest BCUT2D eigenvalue weighted by Gasteiger charge is -1.99. The molecule has 5 heteroatoms. The van der Waals surface area contributed by atoms with Gasteiger partial charge >= 0.3 is 0 Å². The molecule has 0 saturated carbocycles. The Labute approximate surface area is 124 Å². The van der Waals surface area contributed by atoms with Gasteiger partial charge in [0, 0.05) is 11.8 Å². The SMILES string of the molecule is c1ccc2c(c1)sc1nc(-c3ccc4c(c3)OCO4)cn12. The molecule has 0 atom stereocenters. The molecule has 0 unspecified atom stereocenters. The smallest absolute Gasteiger partial charge is 0.231 e. The van der Waals surface area contributed by atoms with E-state index in [1.54, 1.807) is 11.3 Å². The highest BCUT2D eigenvalue weighted by molar-refractivity contribution is 7.23. The fraction of sp³-hybridized carbons (Fsp3) is 0.0625. The molecule has 0 aliphatic carbocycles. The van der Waals surface area contributed by atoms with Gasteiger partial charge in [-0.3, -0.25) is 4.40 Å². The van der Waals surface area contributed by atoms with E-state index in [1.807, 2.05) is 18.2 Å². The quantitative estimate of drug-likeness (QED) is 0.533. The second-order valence-corrected chi connectivity index (χ2v) is 5.93. The molecule has 0 N–H and O–H groups in total. The highest BCUT2D eigenvalue weighted by Crippen LogP contribution is 2.36. The predicted molar refractivity (Wildman–Crippen MR) is 82.1 cm³/mol. The van der Waals surface area contributed by atoms with Gasteiger partial charge in [-0.05, 0) is 30.3 Å². The standard InChI is InChI=1S/C16H10N2O2S/c1-2-4-15-12(3-1)18-8-11(17-16(18)21-15)10-5-6-13-14(7-10)20-9-19-13/h1-8H,9H2. The normalized spacial score (nSPS) is 13.3. The van der Waals surface area contributed by atoms with Crippen molar-refractivity contribution in [2.45, 2.75) is 0 Å². The maximum absolute atomic E-state index is 5.43. The summed E-state index contributed by atoms with van der Waals surface area (Å²) in [6.07, 6.45) is 2.08. The lowest BCUT2D eigenvalue weighted by atomic mass is 10.1. The highest BCUT2D eigenvalue weighted by Gasteiger charge is 2.16. The number of imidazole rings is 1. The maximum atomic E-state index is 5.43. The molecule has 3 heterocycles. The molecule has 0 fully saturated rings. The van der Waals surface area contributed by atoms with Gasteiger partial charge in [-0.25, -0.2) is 4.98 Å². The predicted octanol–water partition coefficient (Wildman–Crippen LogP) is 3.94. The Morgan fingerprint density at radius 2 is 1.95 bits per heavy atom. The molecule has 2 aromatic heterocycles. The van der Waals surface area contributed by atoms with Crippen LogP contribution >= 0.6 is 11.3 Å². The van der Waals surface area contributed by atoms with Crippen molar-refractivity contribution >= 4 is 26.5 Å². The number of benzene rings is 2. The summed E-state index contributed by atoms with van der Waals surface area (Å²) >= 11 is 1.70. The fourth-order valence-electron chi connectivity index (χ4n) is 2.64. The summed E-state index contributed by atoms with van der Waals surface area (Å²) in [5.41, 5.74) is 3.18. The Balaban J connectivity index is 1.70. The Hall–Kier alpha value is -2.53. The summed E-state index contributed by atoms with van der Waals surface area (Å²) < 4.78 is 14.2. The summed E-state index contributed by atoms with van der Waals surface area (Å²) in [6.45, 7) is 0.293. The summed E-state index contributed by atoms with van der Waals surface area (Å²) in [5.74, 6) is 1.58. The first kappa shape index (κ1) is 11.2. The molecule has 2 aromatic carbocycles. The molecule has 0 spiro atoms. The van der Waals surface area contributed by atoms with E-state index < -0.39 is 0 Å². The zero-order valence-electron chi connectivity index (χ0n) is 10.9. The molecule has 1 aliphatic rings. The average Bonchev–Trinajstić information content (AvgIpc) is 3.19. The van der Waals surface area contributed by atoms with E-state index in [-0.39, 0.29) is 0 Å². The Bertz CT molecular complexity index is 986. The summed E-state index contributed by atoms with van der Waals surface area (Å²) in [7, 11) is 0. The third-order valence-electron chi connectivity index (χ3n) is 3.67. The van der Waals surface area contributed by atoms with Crippen LogP contribution in [0.15, 0.2) is 48.7 Å². The van der Waals surface area contributed by atoms with Gasteiger partial charge in [0.1, 0.15) is 0 Å². The number of fused-ring (bicyclic) bond motifs is 4. The highest BCUT2D eigenvalue weighted by atomic mass is 32.1. The summed E-state index contributed by atoms with van der Waals surface area (Å²) in [6, 6.07) is 14.3. The first-order valence-corrected chi connectivity index (χ1v) is 7.47. The lowest BCUT2D eigenvalue weighted by Crippen LogP contribution is -1.92. The number of nitrogens with zero attached hydrogens (tertiary/aromatic N) is 2. The third-order valence-corrected chi connectivity index (χ3v) is 4.70. The van der Waals surface area contributed by atoms with Crippen molar-refractivity contribution < 1.29 is 9.47 Å². The zero-order valence-corrected chi connectivity index (χ0v) is 11.8. The van der Waals surface area contributed by atoms with E-state index in [1.165, 1.54) is 10.2 Å². The maximum Gasteiger partial charge on any atom is 0.231 e. The molecule has 4 nitrogen and oxygen atoms in total. The number of thiazole rings is 1. The van der Waals surface area contributed by atoms with E-state index in [2.05, 4.69) is 34.9 Å². The van der Waals surface area contributed by atoms with Crippen LogP contribution in [0, 0.1) is 0 Å². The minimum atomic E-state index is 0.293. The van der Waals surface area contributed by atoms with E-state index in [9.17, 15) is 0 Å². The molecule has 5 rings (SSSR count). The monoisotopic (exact) mass is 294 g/mol. The minimum absolute atomic E-state index is 0.293. The van der Waals surface area contributed by atoms with Crippen molar-refractivity contribution in [1.29, 1.82) is 0 Å². The molecule has 21 heavy (non-hydrogen) atoms. The number of hydrogen-bond donors (Lipinski definition) is 0. The van der Waals surface area contributed by atoms with Gasteiger partial charge in [0.15, 0.2) is 16.5 Å². The second kappa shape index (κ2) is 3.99. The second-order valence-electron chi connectivity index (χ2n) is 4.92. The van der Waals surface area contributed by atoms with Crippen molar-refractivity contribution in [3.8, 4) is 22.8 Å². The molecular weight excluding hydrogens is 284 g/mol. The van der Waals surface area contributed by atoms with Crippen LogP contribution in [0.1, 0.15) is 0 Å². The van der Waals surface area contributed by atoms with Crippen LogP contribution in [-0.4, -0.2) is 16.2 Å². The molecule has 4 aromatic rings. The zero-order chi connectivity index (χ0) is 13.8. The van der Waals surface area contributed by atoms with Crippen molar-refractivity contribution in [2.24, 2.45) is 0 Å². The van der Waals surface area contributed by atoms with Crippen molar-refractivity contribution in [2.75, 3.05) is 6.79 Å². The Kier molecular flexibility index (Phi) is 2.12. The largest absolute Gasteiger partial charge is 0.454 e. The van der Waals surface area contributed by atoms with Crippen molar-refractivity contribution in [3.63, 3.8) is 0 Å². The molecule has 102 valence electrons. The van der Waals surface area contributed by atoms with Crippen LogP contribution in [0.2, 0.25) is 0 Å². The topological polar surface area (TPSA) is 35.8 Å². The number of para-hydroxylation sites is 1. The number of rotatable bonds is 1. The molecule has 0 saturated heterocycles. The van der Waals surface area contributed by atoms with E-state index >= 15 is 0 Å². The Morgan fingerprint density at radius 1 is 1.05 bits per heavy atom. The summed E-state index contributed by atoms with van der Waals surface area (Å²) in [5, 5.41) is 0.